The van der Waals surface area contributed by atoms with Crippen molar-refractivity contribution in [3.63, 3.8) is 0 Å². The molecule has 2 atom stereocenters. The van der Waals surface area contributed by atoms with Crippen LogP contribution in [0.5, 0.6) is 0 Å². The fourth-order valence-electron chi connectivity index (χ4n) is 9.84. The van der Waals surface area contributed by atoms with Gasteiger partial charge in [-0.15, -0.1) is 0 Å². The first-order valence-electron chi connectivity index (χ1n) is 32.4. The van der Waals surface area contributed by atoms with E-state index in [-0.39, 0.29) is 18.5 Å². The standard InChI is InChI=1S/C67H125NO5/c1-3-5-7-9-11-13-15-17-18-19-20-21-22-23-26-29-32-36-39-43-47-51-55-59-65(70)64(63-69)68-66(71)60-56-52-48-44-40-37-33-30-27-24-25-28-31-34-38-42-46-50-54-58-62-73-67(72)61-57-53-49-45-41-35-16-14-12-10-8-6-4-2/h8,10,14,16,24,27,55,59,64-65,69-70H,3-7,9,11-13,15,17-23,25-26,28-54,56-58,60-63H2,1-2H3,(H,68,71)/b10-8-,16-14-,27-24-,59-55+. The van der Waals surface area contributed by atoms with Gasteiger partial charge in [0.25, 0.3) is 0 Å². The average Bonchev–Trinajstić information content (AvgIpc) is 3.39. The van der Waals surface area contributed by atoms with E-state index in [0.717, 1.165) is 57.8 Å². The maximum atomic E-state index is 12.5. The molecule has 0 aliphatic heterocycles. The minimum Gasteiger partial charge on any atom is -0.466 e. The number of unbranched alkanes of at least 4 members (excludes halogenated alkanes) is 43. The van der Waals surface area contributed by atoms with Gasteiger partial charge in [0.05, 0.1) is 25.4 Å². The molecule has 0 aromatic rings. The zero-order chi connectivity index (χ0) is 52.9. The Morgan fingerprint density at radius 2 is 0.712 bits per heavy atom. The third-order valence-corrected chi connectivity index (χ3v) is 14.8. The zero-order valence-electron chi connectivity index (χ0n) is 48.9. The molecule has 6 nitrogen and oxygen atoms in total. The maximum absolute atomic E-state index is 12.5. The molecule has 0 aliphatic carbocycles. The summed E-state index contributed by atoms with van der Waals surface area (Å²) in [7, 11) is 0. The van der Waals surface area contributed by atoms with Crippen LogP contribution < -0.4 is 5.32 Å². The van der Waals surface area contributed by atoms with Crippen LogP contribution in [-0.2, 0) is 14.3 Å². The van der Waals surface area contributed by atoms with Crippen LogP contribution in [0.25, 0.3) is 0 Å². The third-order valence-electron chi connectivity index (χ3n) is 14.8. The molecule has 0 saturated carbocycles. The molecule has 428 valence electrons. The Balaban J connectivity index is 3.47. The largest absolute Gasteiger partial charge is 0.466 e. The number of ether oxygens (including phenoxy) is 1. The summed E-state index contributed by atoms with van der Waals surface area (Å²) in [6.07, 6.45) is 80.2. The summed E-state index contributed by atoms with van der Waals surface area (Å²) < 4.78 is 5.46. The number of hydrogen-bond acceptors (Lipinski definition) is 5. The van der Waals surface area contributed by atoms with E-state index < -0.39 is 12.1 Å². The highest BCUT2D eigenvalue weighted by atomic mass is 16.5. The van der Waals surface area contributed by atoms with Crippen LogP contribution in [0.1, 0.15) is 341 Å². The molecule has 1 amide bonds. The van der Waals surface area contributed by atoms with Crippen LogP contribution in [-0.4, -0.2) is 47.4 Å². The smallest absolute Gasteiger partial charge is 0.305 e. The molecular weight excluding hydrogens is 899 g/mol. The van der Waals surface area contributed by atoms with Crippen molar-refractivity contribution in [3.8, 4) is 0 Å². The van der Waals surface area contributed by atoms with Crippen LogP contribution in [0.4, 0.5) is 0 Å². The van der Waals surface area contributed by atoms with Gasteiger partial charge >= 0.3 is 5.97 Å². The minimum absolute atomic E-state index is 0.00985. The SMILES string of the molecule is CCC/C=C\C/C=C\CCCCCCCC(=O)OCCCCCCCCCCC/C=C\CCCCCCCCCC(=O)NC(CO)C(O)/C=C/CCCCCCCCCCCCCCCCCCCCCCC. The molecule has 0 spiro atoms. The molecule has 0 aromatic carbocycles. The number of hydrogen-bond donors (Lipinski definition) is 3. The number of aliphatic hydroxyl groups is 2. The summed E-state index contributed by atoms with van der Waals surface area (Å²) in [6, 6.07) is -0.637. The molecule has 0 fully saturated rings. The lowest BCUT2D eigenvalue weighted by atomic mass is 10.0. The number of aliphatic hydroxyl groups excluding tert-OH is 2. The third kappa shape index (κ3) is 58.9. The first-order valence-corrected chi connectivity index (χ1v) is 32.4. The number of nitrogens with one attached hydrogen (secondary N) is 1. The number of esters is 1. The Bertz CT molecular complexity index is 1230. The molecule has 3 N–H and O–H groups in total. The molecule has 0 bridgehead atoms. The van der Waals surface area contributed by atoms with Crippen molar-refractivity contribution < 1.29 is 24.5 Å². The van der Waals surface area contributed by atoms with Crippen molar-refractivity contribution in [3.05, 3.63) is 48.6 Å². The first-order chi connectivity index (χ1) is 36.0. The van der Waals surface area contributed by atoms with Crippen molar-refractivity contribution >= 4 is 11.9 Å². The van der Waals surface area contributed by atoms with Crippen LogP contribution in [0.3, 0.4) is 0 Å². The summed E-state index contributed by atoms with van der Waals surface area (Å²) in [5.74, 6) is -0.0843. The van der Waals surface area contributed by atoms with Gasteiger partial charge in [-0.25, -0.2) is 0 Å². The second-order valence-corrected chi connectivity index (χ2v) is 22.1. The monoisotopic (exact) mass is 1020 g/mol. The Hall–Kier alpha value is -2.18. The molecule has 0 radical (unpaired) electrons. The molecule has 6 heteroatoms. The molecule has 0 aliphatic rings. The Labute approximate surface area is 455 Å². The second kappa shape index (κ2) is 62.4. The normalized spacial score (nSPS) is 12.9. The van der Waals surface area contributed by atoms with Gasteiger partial charge in [0.2, 0.25) is 5.91 Å². The summed E-state index contributed by atoms with van der Waals surface area (Å²) in [4.78, 5) is 24.5. The molecule has 0 saturated heterocycles. The molecular formula is C67H125NO5. The molecule has 0 aromatic heterocycles. The quantitative estimate of drug-likeness (QED) is 0.0320. The highest BCUT2D eigenvalue weighted by Gasteiger charge is 2.18. The van der Waals surface area contributed by atoms with Crippen LogP contribution in [0.15, 0.2) is 48.6 Å². The maximum Gasteiger partial charge on any atom is 0.305 e. The van der Waals surface area contributed by atoms with Gasteiger partial charge in [-0.3, -0.25) is 9.59 Å². The predicted octanol–water partition coefficient (Wildman–Crippen LogP) is 20.5. The van der Waals surface area contributed by atoms with E-state index in [2.05, 4.69) is 55.6 Å². The molecule has 73 heavy (non-hydrogen) atoms. The van der Waals surface area contributed by atoms with E-state index in [4.69, 9.17) is 4.74 Å². The van der Waals surface area contributed by atoms with Gasteiger partial charge in [-0.05, 0) is 83.5 Å². The summed E-state index contributed by atoms with van der Waals surface area (Å²) in [5, 5.41) is 23.2. The topological polar surface area (TPSA) is 95.9 Å². The molecule has 0 heterocycles. The van der Waals surface area contributed by atoms with Crippen LogP contribution in [0.2, 0.25) is 0 Å². The molecule has 2 unspecified atom stereocenters. The summed E-state index contributed by atoms with van der Waals surface area (Å²) in [5.41, 5.74) is 0. The highest BCUT2D eigenvalue weighted by molar-refractivity contribution is 5.76. The van der Waals surface area contributed by atoms with Crippen molar-refractivity contribution in [2.45, 2.75) is 353 Å². The predicted molar refractivity (Wildman–Crippen MR) is 319 cm³/mol. The fourth-order valence-corrected chi connectivity index (χ4v) is 9.84. The van der Waals surface area contributed by atoms with E-state index in [9.17, 15) is 19.8 Å². The fraction of sp³-hybridized carbons (Fsp3) is 0.851. The molecule has 0 rings (SSSR count). The van der Waals surface area contributed by atoms with Gasteiger partial charge in [-0.2, -0.15) is 0 Å². The van der Waals surface area contributed by atoms with E-state index in [1.54, 1.807) is 6.08 Å². The van der Waals surface area contributed by atoms with Gasteiger partial charge < -0.3 is 20.3 Å². The van der Waals surface area contributed by atoms with Crippen molar-refractivity contribution in [2.75, 3.05) is 13.2 Å². The van der Waals surface area contributed by atoms with Gasteiger partial charge in [0, 0.05) is 12.8 Å². The Morgan fingerprint density at radius 1 is 0.384 bits per heavy atom. The summed E-state index contributed by atoms with van der Waals surface area (Å²) >= 11 is 0. The Kier molecular flexibility index (Phi) is 60.5. The van der Waals surface area contributed by atoms with E-state index in [1.165, 1.54) is 257 Å². The zero-order valence-corrected chi connectivity index (χ0v) is 48.9. The first kappa shape index (κ1) is 70.8. The number of carbonyl (C=O) groups is 2. The lowest BCUT2D eigenvalue weighted by molar-refractivity contribution is -0.143. The van der Waals surface area contributed by atoms with Crippen molar-refractivity contribution in [1.82, 2.24) is 5.32 Å². The van der Waals surface area contributed by atoms with Crippen molar-refractivity contribution in [2.24, 2.45) is 0 Å². The summed E-state index contributed by atoms with van der Waals surface area (Å²) in [6.45, 7) is 4.84. The van der Waals surface area contributed by atoms with Gasteiger partial charge in [0.1, 0.15) is 0 Å². The average molecular weight is 1020 g/mol. The number of carbonyl (C=O) groups excluding carboxylic acids is 2. The lowest BCUT2D eigenvalue weighted by Crippen LogP contribution is -2.45. The van der Waals surface area contributed by atoms with E-state index in [0.29, 0.717) is 19.4 Å². The second-order valence-electron chi connectivity index (χ2n) is 22.1. The number of rotatable bonds is 60. The Morgan fingerprint density at radius 3 is 1.11 bits per heavy atom. The van der Waals surface area contributed by atoms with Gasteiger partial charge in [0.15, 0.2) is 0 Å². The van der Waals surface area contributed by atoms with E-state index in [1.807, 2.05) is 6.08 Å². The minimum atomic E-state index is -0.852. The lowest BCUT2D eigenvalue weighted by Gasteiger charge is -2.20. The number of amides is 1. The number of allylic oxidation sites excluding steroid dienone is 7. The van der Waals surface area contributed by atoms with Crippen molar-refractivity contribution in [1.29, 1.82) is 0 Å². The highest BCUT2D eigenvalue weighted by Crippen LogP contribution is 2.17. The van der Waals surface area contributed by atoms with Gasteiger partial charge in [-0.1, -0.05) is 294 Å². The van der Waals surface area contributed by atoms with Crippen LogP contribution >= 0.6 is 0 Å². The van der Waals surface area contributed by atoms with Crippen LogP contribution in [0, 0.1) is 0 Å². The van der Waals surface area contributed by atoms with E-state index >= 15 is 0 Å².